The van der Waals surface area contributed by atoms with Gasteiger partial charge in [0, 0.05) is 11.8 Å². The molecule has 0 bridgehead atoms. The standard InChI is InChI=1S/C15H20O5/c1-14(2)10-5-6-15(12(17)19-3,13(18)20-4)8-9(10)7-11(14)16/h5,9H,6-8H2,1-4H3. The van der Waals surface area contributed by atoms with Gasteiger partial charge in [0.2, 0.25) is 0 Å². The molecule has 5 heteroatoms. The third-order valence-corrected chi connectivity index (χ3v) is 4.71. The first-order valence-corrected chi connectivity index (χ1v) is 6.70. The molecule has 0 amide bonds. The number of ketones is 1. The first kappa shape index (κ1) is 14.8. The van der Waals surface area contributed by atoms with Crippen molar-refractivity contribution in [1.82, 2.24) is 0 Å². The molecule has 0 aromatic rings. The maximum absolute atomic E-state index is 12.1. The smallest absolute Gasteiger partial charge is 0.323 e. The van der Waals surface area contributed by atoms with E-state index in [2.05, 4.69) is 0 Å². The Morgan fingerprint density at radius 1 is 1.20 bits per heavy atom. The number of fused-ring (bicyclic) bond motifs is 1. The van der Waals surface area contributed by atoms with Crippen LogP contribution in [0.4, 0.5) is 0 Å². The van der Waals surface area contributed by atoms with Crippen LogP contribution in [-0.2, 0) is 23.9 Å². The number of hydrogen-bond donors (Lipinski definition) is 0. The molecule has 1 fully saturated rings. The van der Waals surface area contributed by atoms with Crippen molar-refractivity contribution in [1.29, 1.82) is 0 Å². The largest absolute Gasteiger partial charge is 0.468 e. The number of rotatable bonds is 2. The summed E-state index contributed by atoms with van der Waals surface area (Å²) >= 11 is 0. The molecule has 0 saturated heterocycles. The minimum absolute atomic E-state index is 0.0792. The zero-order valence-corrected chi connectivity index (χ0v) is 12.3. The van der Waals surface area contributed by atoms with E-state index < -0.39 is 22.8 Å². The van der Waals surface area contributed by atoms with Gasteiger partial charge in [-0.25, -0.2) is 0 Å². The molecular weight excluding hydrogens is 260 g/mol. The molecule has 2 rings (SSSR count). The summed E-state index contributed by atoms with van der Waals surface area (Å²) in [5.41, 5.74) is -0.771. The maximum Gasteiger partial charge on any atom is 0.323 e. The predicted molar refractivity (Wildman–Crippen MR) is 70.7 cm³/mol. The summed E-state index contributed by atoms with van der Waals surface area (Å²) in [6.45, 7) is 3.79. The van der Waals surface area contributed by atoms with Crippen LogP contribution in [0.25, 0.3) is 0 Å². The molecule has 0 aromatic heterocycles. The van der Waals surface area contributed by atoms with E-state index in [0.29, 0.717) is 6.42 Å². The van der Waals surface area contributed by atoms with Gasteiger partial charge in [0.1, 0.15) is 5.78 Å². The number of Topliss-reactive ketones (excluding diaryl/α,β-unsaturated/α-hetero) is 1. The summed E-state index contributed by atoms with van der Waals surface area (Å²) in [5.74, 6) is -1.10. The first-order chi connectivity index (χ1) is 9.29. The van der Waals surface area contributed by atoms with Crippen LogP contribution in [0.15, 0.2) is 11.6 Å². The summed E-state index contributed by atoms with van der Waals surface area (Å²) in [6, 6.07) is 0. The van der Waals surface area contributed by atoms with Crippen molar-refractivity contribution in [2.24, 2.45) is 16.7 Å². The molecule has 20 heavy (non-hydrogen) atoms. The summed E-state index contributed by atoms with van der Waals surface area (Å²) in [7, 11) is 2.52. The van der Waals surface area contributed by atoms with Gasteiger partial charge < -0.3 is 9.47 Å². The van der Waals surface area contributed by atoms with Crippen LogP contribution >= 0.6 is 0 Å². The molecule has 0 aromatic carbocycles. The average Bonchev–Trinajstić information content (AvgIpc) is 2.66. The quantitative estimate of drug-likeness (QED) is 0.437. The zero-order valence-electron chi connectivity index (χ0n) is 12.3. The summed E-state index contributed by atoms with van der Waals surface area (Å²) < 4.78 is 9.58. The molecule has 1 atom stereocenters. The van der Waals surface area contributed by atoms with Crippen LogP contribution < -0.4 is 0 Å². The molecular formula is C15H20O5. The predicted octanol–water partition coefficient (Wildman–Crippen LogP) is 1.65. The van der Waals surface area contributed by atoms with Gasteiger partial charge >= 0.3 is 11.9 Å². The molecule has 0 aliphatic heterocycles. The van der Waals surface area contributed by atoms with Crippen molar-refractivity contribution in [2.75, 3.05) is 14.2 Å². The van der Waals surface area contributed by atoms with E-state index in [-0.39, 0.29) is 24.5 Å². The van der Waals surface area contributed by atoms with E-state index in [1.54, 1.807) is 0 Å². The highest BCUT2D eigenvalue weighted by Gasteiger charge is 2.56. The van der Waals surface area contributed by atoms with Crippen molar-refractivity contribution in [2.45, 2.75) is 33.1 Å². The van der Waals surface area contributed by atoms with Crippen LogP contribution in [0.1, 0.15) is 33.1 Å². The molecule has 5 nitrogen and oxygen atoms in total. The number of hydrogen-bond acceptors (Lipinski definition) is 5. The molecule has 110 valence electrons. The van der Waals surface area contributed by atoms with Crippen LogP contribution in [0.2, 0.25) is 0 Å². The van der Waals surface area contributed by atoms with E-state index in [1.165, 1.54) is 14.2 Å². The Bertz CT molecular complexity index is 484. The van der Waals surface area contributed by atoms with Crippen molar-refractivity contribution >= 4 is 17.7 Å². The highest BCUT2D eigenvalue weighted by atomic mass is 16.5. The molecule has 2 aliphatic carbocycles. The molecule has 0 spiro atoms. The topological polar surface area (TPSA) is 69.7 Å². The van der Waals surface area contributed by atoms with Gasteiger partial charge in [-0.2, -0.15) is 0 Å². The van der Waals surface area contributed by atoms with Gasteiger partial charge in [-0.3, -0.25) is 14.4 Å². The third-order valence-electron chi connectivity index (χ3n) is 4.71. The number of esters is 2. The van der Waals surface area contributed by atoms with Gasteiger partial charge in [-0.15, -0.1) is 0 Å². The average molecular weight is 280 g/mol. The van der Waals surface area contributed by atoms with Gasteiger partial charge in [-0.1, -0.05) is 11.6 Å². The summed E-state index contributed by atoms with van der Waals surface area (Å²) in [5, 5.41) is 0. The normalized spacial score (nSPS) is 26.5. The minimum Gasteiger partial charge on any atom is -0.468 e. The lowest BCUT2D eigenvalue weighted by molar-refractivity contribution is -0.170. The Morgan fingerprint density at radius 2 is 1.75 bits per heavy atom. The van der Waals surface area contributed by atoms with E-state index in [4.69, 9.17) is 9.47 Å². The van der Waals surface area contributed by atoms with E-state index >= 15 is 0 Å². The summed E-state index contributed by atoms with van der Waals surface area (Å²) in [4.78, 5) is 36.2. The Morgan fingerprint density at radius 3 is 2.25 bits per heavy atom. The van der Waals surface area contributed by atoms with Crippen LogP contribution in [0.3, 0.4) is 0 Å². The van der Waals surface area contributed by atoms with Gasteiger partial charge in [0.05, 0.1) is 14.2 Å². The Balaban J connectivity index is 2.41. The van der Waals surface area contributed by atoms with Crippen molar-refractivity contribution in [3.63, 3.8) is 0 Å². The molecule has 1 unspecified atom stereocenters. The number of carbonyl (C=O) groups excluding carboxylic acids is 3. The molecule has 0 N–H and O–H groups in total. The van der Waals surface area contributed by atoms with Gasteiger partial charge in [-0.05, 0) is 32.6 Å². The Kier molecular flexibility index (Phi) is 3.48. The van der Waals surface area contributed by atoms with Crippen LogP contribution in [0.5, 0.6) is 0 Å². The fourth-order valence-electron chi connectivity index (χ4n) is 3.46. The van der Waals surface area contributed by atoms with Crippen molar-refractivity contribution < 1.29 is 23.9 Å². The second kappa shape index (κ2) is 4.72. The molecule has 2 aliphatic rings. The van der Waals surface area contributed by atoms with E-state index in [0.717, 1.165) is 5.57 Å². The molecule has 0 heterocycles. The highest BCUT2D eigenvalue weighted by Crippen LogP contribution is 2.52. The fourth-order valence-corrected chi connectivity index (χ4v) is 3.46. The van der Waals surface area contributed by atoms with Gasteiger partial charge in [0.25, 0.3) is 0 Å². The maximum atomic E-state index is 12.1. The SMILES string of the molecule is COC(=O)C1(C(=O)OC)CC=C2C(CC(=O)C2(C)C)C1. The van der Waals surface area contributed by atoms with Crippen molar-refractivity contribution in [3.8, 4) is 0 Å². The van der Waals surface area contributed by atoms with Gasteiger partial charge in [0.15, 0.2) is 5.41 Å². The number of allylic oxidation sites excluding steroid dienone is 2. The number of ether oxygens (including phenoxy) is 2. The minimum atomic E-state index is -1.31. The van der Waals surface area contributed by atoms with Crippen LogP contribution in [-0.4, -0.2) is 31.9 Å². The lowest BCUT2D eigenvalue weighted by Crippen LogP contribution is -2.44. The lowest BCUT2D eigenvalue weighted by atomic mass is 9.68. The zero-order chi connectivity index (χ0) is 15.1. The van der Waals surface area contributed by atoms with Crippen LogP contribution in [0, 0.1) is 16.7 Å². The second-order valence-electron chi connectivity index (χ2n) is 6.08. The second-order valence-corrected chi connectivity index (χ2v) is 6.08. The first-order valence-electron chi connectivity index (χ1n) is 6.70. The van der Waals surface area contributed by atoms with E-state index in [9.17, 15) is 14.4 Å². The summed E-state index contributed by atoms with van der Waals surface area (Å²) in [6.07, 6.45) is 2.74. The number of carbonyl (C=O) groups is 3. The molecule has 0 radical (unpaired) electrons. The van der Waals surface area contributed by atoms with E-state index in [1.807, 2.05) is 19.9 Å². The number of methoxy groups -OCH3 is 2. The monoisotopic (exact) mass is 280 g/mol. The fraction of sp³-hybridized carbons (Fsp3) is 0.667. The van der Waals surface area contributed by atoms with Crippen molar-refractivity contribution in [3.05, 3.63) is 11.6 Å². The highest BCUT2D eigenvalue weighted by molar-refractivity contribution is 6.01. The Labute approximate surface area is 118 Å². The molecule has 1 saturated carbocycles. The Hall–Kier alpha value is -1.65. The third kappa shape index (κ3) is 1.87. The lowest BCUT2D eigenvalue weighted by Gasteiger charge is -2.35.